The number of likely N-dealkylation sites (N-methyl/N-ethyl adjacent to an activating group) is 1. The number of hydrogen-bond acceptors (Lipinski definition) is 4. The van der Waals surface area contributed by atoms with Gasteiger partial charge < -0.3 is 4.90 Å². The molecule has 5 nitrogen and oxygen atoms in total. The number of aryl methyl sites for hydroxylation is 1. The minimum absolute atomic E-state index is 0.341. The van der Waals surface area contributed by atoms with Crippen molar-refractivity contribution in [3.8, 4) is 0 Å². The van der Waals surface area contributed by atoms with Crippen LogP contribution in [-0.2, 0) is 23.0 Å². The highest BCUT2D eigenvalue weighted by Gasteiger charge is 2.25. The second kappa shape index (κ2) is 8.77. The quantitative estimate of drug-likeness (QED) is 0.574. The Balaban J connectivity index is 1.80. The molecule has 1 saturated heterocycles. The van der Waals surface area contributed by atoms with E-state index in [0.717, 1.165) is 54.8 Å². The van der Waals surface area contributed by atoms with Crippen LogP contribution in [0.4, 0.5) is 0 Å². The highest BCUT2D eigenvalue weighted by molar-refractivity contribution is 7.90. The van der Waals surface area contributed by atoms with Gasteiger partial charge in [-0.05, 0) is 60.8 Å². The fourth-order valence-electron chi connectivity index (χ4n) is 4.28. The monoisotopic (exact) mass is 439 g/mol. The molecule has 0 saturated carbocycles. The number of benzene rings is 2. The largest absolute Gasteiger partial charge is 0.304 e. The van der Waals surface area contributed by atoms with Crippen LogP contribution in [0, 0.1) is 0 Å². The van der Waals surface area contributed by atoms with Crippen LogP contribution in [0.2, 0.25) is 0 Å². The Labute approximate surface area is 186 Å². The summed E-state index contributed by atoms with van der Waals surface area (Å²) < 4.78 is 29.2. The summed E-state index contributed by atoms with van der Waals surface area (Å²) in [4.78, 5) is 5.00. The van der Waals surface area contributed by atoms with Gasteiger partial charge in [0.1, 0.15) is 0 Å². The summed E-state index contributed by atoms with van der Waals surface area (Å²) in [5.74, 6) is 0.365. The van der Waals surface area contributed by atoms with Gasteiger partial charge in [0.15, 0.2) is 0 Å². The molecule has 1 aliphatic heterocycles. The van der Waals surface area contributed by atoms with Crippen molar-refractivity contribution in [2.24, 2.45) is 0 Å². The summed E-state index contributed by atoms with van der Waals surface area (Å²) in [7, 11) is -1.57. The third-order valence-corrected chi connectivity index (χ3v) is 8.15. The zero-order chi connectivity index (χ0) is 22.2. The first-order valence-corrected chi connectivity index (χ1v) is 12.6. The zero-order valence-electron chi connectivity index (χ0n) is 19.0. The van der Waals surface area contributed by atoms with Crippen molar-refractivity contribution >= 4 is 20.9 Å². The lowest BCUT2D eigenvalue weighted by Gasteiger charge is -2.32. The molecule has 31 heavy (non-hydrogen) atoms. The molecule has 0 N–H and O–H groups in total. The van der Waals surface area contributed by atoms with Gasteiger partial charge in [0, 0.05) is 43.8 Å². The van der Waals surface area contributed by atoms with Crippen LogP contribution in [0.25, 0.3) is 10.9 Å². The van der Waals surface area contributed by atoms with Crippen molar-refractivity contribution in [2.45, 2.75) is 44.6 Å². The van der Waals surface area contributed by atoms with Crippen LogP contribution in [-0.4, -0.2) is 55.4 Å². The highest BCUT2D eigenvalue weighted by atomic mass is 32.2. The third-order valence-electron chi connectivity index (χ3n) is 6.37. The summed E-state index contributed by atoms with van der Waals surface area (Å²) in [6.07, 6.45) is 0.929. The van der Waals surface area contributed by atoms with Gasteiger partial charge in [-0.1, -0.05) is 39.0 Å². The van der Waals surface area contributed by atoms with Crippen molar-refractivity contribution < 1.29 is 8.42 Å². The molecule has 166 valence electrons. The summed E-state index contributed by atoms with van der Waals surface area (Å²) in [6.45, 7) is 10.9. The molecular weight excluding hydrogens is 406 g/mol. The Kier molecular flexibility index (Phi) is 6.24. The molecule has 0 unspecified atom stereocenters. The minimum Gasteiger partial charge on any atom is -0.304 e. The van der Waals surface area contributed by atoms with E-state index in [4.69, 9.17) is 0 Å². The molecule has 3 aromatic rings. The van der Waals surface area contributed by atoms with Crippen LogP contribution in [0.5, 0.6) is 0 Å². The molecule has 0 atom stereocenters. The molecule has 2 heterocycles. The van der Waals surface area contributed by atoms with Gasteiger partial charge in [0.2, 0.25) is 0 Å². The van der Waals surface area contributed by atoms with Gasteiger partial charge in [-0.25, -0.2) is 12.4 Å². The number of fused-ring (bicyclic) bond motifs is 1. The van der Waals surface area contributed by atoms with Crippen molar-refractivity contribution in [3.63, 3.8) is 0 Å². The molecular formula is C25H33N3O2S. The smallest absolute Gasteiger partial charge is 0.268 e. The Morgan fingerprint density at radius 1 is 0.935 bits per heavy atom. The molecule has 2 aromatic carbocycles. The first-order valence-electron chi connectivity index (χ1n) is 11.2. The number of aromatic nitrogens is 1. The number of hydrogen-bond donors (Lipinski definition) is 0. The minimum atomic E-state index is -3.70. The van der Waals surface area contributed by atoms with E-state index in [9.17, 15) is 8.42 Å². The number of rotatable bonds is 6. The van der Waals surface area contributed by atoms with E-state index in [1.807, 2.05) is 24.3 Å². The van der Waals surface area contributed by atoms with E-state index >= 15 is 0 Å². The SMILES string of the molecule is CCc1ccc2c(c1)cc(CN1CCN(C)CC1)n2S(=O)(=O)c1ccc(C(C)C)cc1. The molecule has 0 spiro atoms. The van der Waals surface area contributed by atoms with Gasteiger partial charge in [0.25, 0.3) is 10.0 Å². The molecule has 0 radical (unpaired) electrons. The van der Waals surface area contributed by atoms with Crippen LogP contribution < -0.4 is 0 Å². The second-order valence-electron chi connectivity index (χ2n) is 8.96. The number of piperazine rings is 1. The maximum absolute atomic E-state index is 13.8. The molecule has 1 aromatic heterocycles. The molecule has 0 amide bonds. The van der Waals surface area contributed by atoms with Crippen molar-refractivity contribution in [1.29, 1.82) is 0 Å². The summed E-state index contributed by atoms with van der Waals surface area (Å²) in [5, 5.41) is 0.992. The average molecular weight is 440 g/mol. The molecule has 1 fully saturated rings. The Morgan fingerprint density at radius 2 is 1.61 bits per heavy atom. The predicted octanol–water partition coefficient (Wildman–Crippen LogP) is 4.31. The van der Waals surface area contributed by atoms with Crippen molar-refractivity contribution in [2.75, 3.05) is 33.2 Å². The van der Waals surface area contributed by atoms with Gasteiger partial charge in [-0.3, -0.25) is 4.90 Å². The van der Waals surface area contributed by atoms with Crippen LogP contribution in [0.3, 0.4) is 0 Å². The van der Waals surface area contributed by atoms with E-state index in [0.29, 0.717) is 17.4 Å². The molecule has 0 aliphatic carbocycles. The molecule has 1 aliphatic rings. The van der Waals surface area contributed by atoms with E-state index < -0.39 is 10.0 Å². The highest BCUT2D eigenvalue weighted by Crippen LogP contribution is 2.29. The lowest BCUT2D eigenvalue weighted by atomic mass is 10.0. The van der Waals surface area contributed by atoms with Crippen LogP contribution in [0.1, 0.15) is 43.5 Å². The average Bonchev–Trinajstić information content (AvgIpc) is 3.13. The van der Waals surface area contributed by atoms with E-state index in [-0.39, 0.29) is 0 Å². The summed E-state index contributed by atoms with van der Waals surface area (Å²) >= 11 is 0. The maximum Gasteiger partial charge on any atom is 0.268 e. The van der Waals surface area contributed by atoms with Crippen LogP contribution in [0.15, 0.2) is 53.4 Å². The Hall–Kier alpha value is -2.15. The molecule has 6 heteroatoms. The fourth-order valence-corrected chi connectivity index (χ4v) is 5.81. The van der Waals surface area contributed by atoms with Gasteiger partial charge in [-0.2, -0.15) is 0 Å². The lowest BCUT2D eigenvalue weighted by molar-refractivity contribution is 0.147. The second-order valence-corrected chi connectivity index (χ2v) is 10.7. The van der Waals surface area contributed by atoms with E-state index in [1.54, 1.807) is 16.1 Å². The zero-order valence-corrected chi connectivity index (χ0v) is 19.8. The van der Waals surface area contributed by atoms with E-state index in [2.05, 4.69) is 49.8 Å². The van der Waals surface area contributed by atoms with Crippen LogP contribution >= 0.6 is 0 Å². The Morgan fingerprint density at radius 3 is 2.23 bits per heavy atom. The fraction of sp³-hybridized carbons (Fsp3) is 0.440. The first-order chi connectivity index (χ1) is 14.8. The summed E-state index contributed by atoms with van der Waals surface area (Å²) in [5.41, 5.74) is 3.95. The third kappa shape index (κ3) is 4.43. The maximum atomic E-state index is 13.8. The first kappa shape index (κ1) is 22.1. The van der Waals surface area contributed by atoms with Crippen molar-refractivity contribution in [3.05, 3.63) is 65.4 Å². The van der Waals surface area contributed by atoms with Gasteiger partial charge in [0.05, 0.1) is 10.4 Å². The number of nitrogens with zero attached hydrogens (tertiary/aromatic N) is 3. The molecule has 4 rings (SSSR count). The predicted molar refractivity (Wildman–Crippen MR) is 127 cm³/mol. The lowest BCUT2D eigenvalue weighted by Crippen LogP contribution is -2.44. The van der Waals surface area contributed by atoms with E-state index in [1.165, 1.54) is 5.56 Å². The van der Waals surface area contributed by atoms with Gasteiger partial charge >= 0.3 is 0 Å². The topological polar surface area (TPSA) is 45.5 Å². The Bertz CT molecular complexity index is 1160. The van der Waals surface area contributed by atoms with Gasteiger partial charge in [-0.15, -0.1) is 0 Å². The standard InChI is InChI=1S/C25H33N3O2S/c1-5-20-6-11-25-22(16-20)17-23(18-27-14-12-26(4)13-15-27)28(25)31(29,30)24-9-7-21(8-10-24)19(2)3/h6-11,16-17,19H,5,12-15,18H2,1-4H3. The molecule has 0 bridgehead atoms. The van der Waals surface area contributed by atoms with Crippen molar-refractivity contribution in [1.82, 2.24) is 13.8 Å². The summed E-state index contributed by atoms with van der Waals surface area (Å²) in [6, 6.07) is 15.5. The normalized spacial score (nSPS) is 16.4.